The van der Waals surface area contributed by atoms with E-state index in [4.69, 9.17) is 30.3 Å². The molecule has 1 aliphatic heterocycles. The predicted octanol–water partition coefficient (Wildman–Crippen LogP) is -8.41. The first-order chi connectivity index (χ1) is 21.6. The molecule has 334 valence electrons. The lowest BCUT2D eigenvalue weighted by Crippen LogP contribution is -2.65. The summed E-state index contributed by atoms with van der Waals surface area (Å²) in [5.41, 5.74) is 0.0755. The molecule has 3 fully saturated rings. The fraction of sp³-hybridized carbons (Fsp3) is 0.926. The van der Waals surface area contributed by atoms with Crippen molar-refractivity contribution >= 4 is 108 Å². The van der Waals surface area contributed by atoms with E-state index in [9.17, 15) is 56.2 Å². The molecule has 19 nitrogen and oxygen atoms in total. The van der Waals surface area contributed by atoms with Gasteiger partial charge >= 0.3 is 0 Å². The van der Waals surface area contributed by atoms with E-state index in [1.54, 1.807) is 0 Å². The van der Waals surface area contributed by atoms with Crippen LogP contribution in [0.2, 0.25) is 0 Å². The molecule has 0 bridgehead atoms. The van der Waals surface area contributed by atoms with Crippen LogP contribution in [0.25, 0.3) is 0 Å². The summed E-state index contributed by atoms with van der Waals surface area (Å²) in [7, 11) is 0. The van der Waals surface area contributed by atoms with Gasteiger partial charge in [-0.2, -0.15) is 108 Å². The number of hydrogen-bond donors (Lipinski definition) is 17. The lowest BCUT2D eigenvalue weighted by Gasteiger charge is -2.47. The normalized spacial score (nSPS) is 42.5. The molecule has 0 spiro atoms. The van der Waals surface area contributed by atoms with Crippen LogP contribution in [0.15, 0.2) is 11.6 Å². The van der Waals surface area contributed by atoms with Gasteiger partial charge in [0.1, 0.15) is 61.0 Å². The van der Waals surface area contributed by atoms with E-state index in [-0.39, 0.29) is 126 Å². The highest BCUT2D eigenvalue weighted by atomic mass is 32.1. The van der Waals surface area contributed by atoms with Gasteiger partial charge in [-0.15, -0.1) is 0 Å². The molecule has 3 aliphatic carbocycles. The van der Waals surface area contributed by atoms with Crippen molar-refractivity contribution in [2.45, 2.75) is 117 Å². The van der Waals surface area contributed by atoms with Crippen molar-refractivity contribution < 1.29 is 91.2 Å². The second-order valence-corrected chi connectivity index (χ2v) is 12.3. The Hall–Kier alpha value is 1.78. The number of hydrogen-bond acceptors (Lipinski definition) is 19. The Kier molecular flexibility index (Phi) is 38.5. The molecule has 0 radical (unpaired) electrons. The summed E-state index contributed by atoms with van der Waals surface area (Å²) in [5.74, 6) is -1.53. The molecular formula is C27H65NO18S8. The van der Waals surface area contributed by atoms with E-state index < -0.39 is 142 Å². The second kappa shape index (κ2) is 30.8. The standard InChI is InChI=1S/C21H37NO12.C6H12O6.8H2S/c23-4-7-1-10(15(28)18(31)13(7)26)22-11-2-9(6-25)21(20(33)16(11)29)34-12-3-8(5-24)14(27)19(32)17(12)30;7-1-2-3(8)4(9)5(10)6(11)12-2;;;;;;;;/h1,8-33H,2-6H2;2-11H,1H2;8*1H2/t8-,9?,10+,11+,12?,13?,14?,15?,16+,17?,18+,19+,20?,21-;2?,3?,4?,5-,6?;;;;;;;;/m11......../s1. The molecule has 0 aromatic rings. The lowest BCUT2D eigenvalue weighted by atomic mass is 9.77. The van der Waals surface area contributed by atoms with Crippen LogP contribution < -0.4 is 5.32 Å². The van der Waals surface area contributed by atoms with Gasteiger partial charge in [0.05, 0.1) is 43.7 Å². The summed E-state index contributed by atoms with van der Waals surface area (Å²) in [6.45, 7) is -2.03. The molecule has 0 amide bonds. The monoisotopic (exact) mass is 947 g/mol. The summed E-state index contributed by atoms with van der Waals surface area (Å²) in [6.07, 6.45) is -20.0. The van der Waals surface area contributed by atoms with Crippen LogP contribution in [0, 0.1) is 11.8 Å². The molecule has 27 heteroatoms. The molecule has 19 atom stereocenters. The topological polar surface area (TPSA) is 354 Å². The van der Waals surface area contributed by atoms with Gasteiger partial charge in [0.25, 0.3) is 0 Å². The lowest BCUT2D eigenvalue weighted by molar-refractivity contribution is -0.286. The first-order valence-electron chi connectivity index (χ1n) is 15.0. The largest absolute Gasteiger partial charge is 0.396 e. The first kappa shape index (κ1) is 67.5. The molecule has 2 saturated carbocycles. The van der Waals surface area contributed by atoms with Gasteiger partial charge in [-0.3, -0.25) is 0 Å². The minimum Gasteiger partial charge on any atom is -0.396 e. The zero-order chi connectivity index (χ0) is 34.6. The maximum absolute atomic E-state index is 10.8. The van der Waals surface area contributed by atoms with E-state index in [2.05, 4.69) is 10.1 Å². The van der Waals surface area contributed by atoms with Crippen LogP contribution in [0.5, 0.6) is 0 Å². The average molecular weight is 948 g/mol. The third-order valence-electron chi connectivity index (χ3n) is 9.29. The van der Waals surface area contributed by atoms with Crippen molar-refractivity contribution in [2.75, 3.05) is 26.4 Å². The number of aliphatic hydroxyl groups is 16. The highest BCUT2D eigenvalue weighted by molar-refractivity contribution is 7.60. The molecule has 1 heterocycles. The Bertz CT molecular complexity index is 988. The number of ether oxygens (including phenoxy) is 2. The molecule has 17 N–H and O–H groups in total. The summed E-state index contributed by atoms with van der Waals surface area (Å²) >= 11 is 0. The van der Waals surface area contributed by atoms with Crippen LogP contribution in [0.3, 0.4) is 0 Å². The van der Waals surface area contributed by atoms with Crippen molar-refractivity contribution in [3.8, 4) is 0 Å². The summed E-state index contributed by atoms with van der Waals surface area (Å²) in [6, 6.07) is -1.87. The van der Waals surface area contributed by atoms with Crippen LogP contribution in [-0.4, -0.2) is 212 Å². The molecule has 0 aromatic carbocycles. The van der Waals surface area contributed by atoms with Crippen LogP contribution in [0.4, 0.5) is 0 Å². The number of rotatable bonds is 8. The molecule has 1 saturated heterocycles. The van der Waals surface area contributed by atoms with Gasteiger partial charge in [0.2, 0.25) is 0 Å². The molecular weight excluding hydrogens is 883 g/mol. The van der Waals surface area contributed by atoms with Gasteiger partial charge < -0.3 is 96.5 Å². The number of aliphatic hydroxyl groups excluding tert-OH is 16. The summed E-state index contributed by atoms with van der Waals surface area (Å²) in [5, 5.41) is 158. The van der Waals surface area contributed by atoms with Crippen molar-refractivity contribution in [3.63, 3.8) is 0 Å². The van der Waals surface area contributed by atoms with Crippen molar-refractivity contribution in [1.29, 1.82) is 0 Å². The van der Waals surface area contributed by atoms with Crippen molar-refractivity contribution in [1.82, 2.24) is 5.32 Å². The van der Waals surface area contributed by atoms with Gasteiger partial charge in [-0.1, -0.05) is 6.08 Å². The van der Waals surface area contributed by atoms with Crippen molar-refractivity contribution in [2.24, 2.45) is 11.8 Å². The van der Waals surface area contributed by atoms with E-state index in [0.717, 1.165) is 0 Å². The Morgan fingerprint density at radius 2 is 1.06 bits per heavy atom. The zero-order valence-electron chi connectivity index (χ0n) is 28.8. The Balaban J connectivity index is -0.000000250. The summed E-state index contributed by atoms with van der Waals surface area (Å²) in [4.78, 5) is 0. The minimum absolute atomic E-state index is 0. The van der Waals surface area contributed by atoms with Gasteiger partial charge in [-0.25, -0.2) is 0 Å². The molecule has 4 rings (SSSR count). The van der Waals surface area contributed by atoms with E-state index in [1.807, 2.05) is 0 Å². The quantitative estimate of drug-likeness (QED) is 0.101. The fourth-order valence-electron chi connectivity index (χ4n) is 6.31. The Morgan fingerprint density at radius 3 is 1.54 bits per heavy atom. The molecule has 4 aliphatic rings. The fourth-order valence-corrected chi connectivity index (χ4v) is 6.31. The van der Waals surface area contributed by atoms with Gasteiger partial charge in [-0.05, 0) is 18.4 Å². The highest BCUT2D eigenvalue weighted by Gasteiger charge is 2.50. The first-order valence-corrected chi connectivity index (χ1v) is 15.0. The van der Waals surface area contributed by atoms with E-state index in [0.29, 0.717) is 0 Å². The molecule has 11 unspecified atom stereocenters. The maximum atomic E-state index is 10.8. The second-order valence-electron chi connectivity index (χ2n) is 12.3. The minimum atomic E-state index is -1.59. The zero-order valence-corrected chi connectivity index (χ0v) is 36.8. The Morgan fingerprint density at radius 1 is 0.537 bits per heavy atom. The number of nitrogens with one attached hydrogen (secondary N) is 1. The van der Waals surface area contributed by atoms with Crippen LogP contribution in [0.1, 0.15) is 12.8 Å². The van der Waals surface area contributed by atoms with Gasteiger partial charge in [0, 0.05) is 31.1 Å². The maximum Gasteiger partial charge on any atom is 0.184 e. The van der Waals surface area contributed by atoms with Crippen LogP contribution >= 0.6 is 108 Å². The van der Waals surface area contributed by atoms with Gasteiger partial charge in [0.15, 0.2) is 6.29 Å². The molecule has 54 heavy (non-hydrogen) atoms. The predicted molar refractivity (Wildman–Crippen MR) is 232 cm³/mol. The molecule has 0 aromatic heterocycles. The van der Waals surface area contributed by atoms with E-state index in [1.165, 1.54) is 6.08 Å². The summed E-state index contributed by atoms with van der Waals surface area (Å²) < 4.78 is 10.4. The smallest absolute Gasteiger partial charge is 0.184 e. The van der Waals surface area contributed by atoms with Crippen molar-refractivity contribution in [3.05, 3.63) is 11.6 Å². The average Bonchev–Trinajstić information content (AvgIpc) is 3.05. The third-order valence-corrected chi connectivity index (χ3v) is 9.29. The van der Waals surface area contributed by atoms with E-state index >= 15 is 0 Å². The SMILES string of the molecule is OCC1=C[C@H](N[C@H]2CC(CO)[C@@H](OC3C[C@H](CO)C(O)[C@H](O)C3O)C(O)[C@H]2O)C(O)[C@@H](O)C1O.OCC1OC(O)[C@H](O)C(O)C1O.S.S.S.S.S.S.S.S. The third kappa shape index (κ3) is 15.7. The highest BCUT2D eigenvalue weighted by Crippen LogP contribution is 2.35. The Labute approximate surface area is 369 Å². The van der Waals surface area contributed by atoms with Crippen LogP contribution in [-0.2, 0) is 9.47 Å².